The van der Waals surface area contributed by atoms with Crippen molar-refractivity contribution in [1.29, 1.82) is 0 Å². The van der Waals surface area contributed by atoms with Crippen LogP contribution < -0.4 is 20.3 Å². The highest BCUT2D eigenvalue weighted by Gasteiger charge is 2.20. The van der Waals surface area contributed by atoms with Crippen LogP contribution in [0, 0.1) is 0 Å². The number of aromatic amines is 1. The van der Waals surface area contributed by atoms with Crippen molar-refractivity contribution in [2.45, 2.75) is 26.4 Å². The van der Waals surface area contributed by atoms with Crippen molar-refractivity contribution in [3.8, 4) is 11.5 Å². The molecule has 0 saturated carbocycles. The molecule has 1 aliphatic heterocycles. The Hall–Kier alpha value is -3.48. The van der Waals surface area contributed by atoms with Crippen molar-refractivity contribution < 1.29 is 14.3 Å². The first-order chi connectivity index (χ1) is 14.0. The van der Waals surface area contributed by atoms with Gasteiger partial charge in [0.05, 0.1) is 0 Å². The van der Waals surface area contributed by atoms with Gasteiger partial charge in [0.25, 0.3) is 0 Å². The fourth-order valence-corrected chi connectivity index (χ4v) is 3.40. The van der Waals surface area contributed by atoms with Gasteiger partial charge < -0.3 is 24.7 Å². The van der Waals surface area contributed by atoms with Gasteiger partial charge >= 0.3 is 6.03 Å². The molecule has 7 nitrogen and oxygen atoms in total. The van der Waals surface area contributed by atoms with Crippen LogP contribution in [0.3, 0.4) is 0 Å². The average molecular weight is 393 g/mol. The number of hydrogen-bond acceptors (Lipinski definition) is 4. The third-order valence-electron chi connectivity index (χ3n) is 4.85. The molecule has 29 heavy (non-hydrogen) atoms. The first-order valence-electron chi connectivity index (χ1n) is 9.59. The summed E-state index contributed by atoms with van der Waals surface area (Å²) in [4.78, 5) is 29.6. The maximum atomic E-state index is 13.0. The van der Waals surface area contributed by atoms with Gasteiger partial charge in [-0.3, -0.25) is 4.79 Å². The third-order valence-corrected chi connectivity index (χ3v) is 4.85. The van der Waals surface area contributed by atoms with Crippen LogP contribution in [0.5, 0.6) is 11.5 Å². The lowest BCUT2D eigenvalue weighted by atomic mass is 10.1. The highest BCUT2D eigenvalue weighted by Crippen LogP contribution is 2.32. The smallest absolute Gasteiger partial charge is 0.322 e. The van der Waals surface area contributed by atoms with E-state index in [-0.39, 0.29) is 17.6 Å². The number of para-hydroxylation sites is 1. The second-order valence-corrected chi connectivity index (χ2v) is 7.21. The number of benzene rings is 2. The summed E-state index contributed by atoms with van der Waals surface area (Å²) < 4.78 is 11.1. The molecule has 2 N–H and O–H groups in total. The Kier molecular flexibility index (Phi) is 5.12. The van der Waals surface area contributed by atoms with Gasteiger partial charge in [0, 0.05) is 41.3 Å². The predicted molar refractivity (Wildman–Crippen MR) is 112 cm³/mol. The molecule has 0 fully saturated rings. The first-order valence-corrected chi connectivity index (χ1v) is 9.59. The van der Waals surface area contributed by atoms with E-state index in [4.69, 9.17) is 9.47 Å². The lowest BCUT2D eigenvalue weighted by Crippen LogP contribution is -2.39. The van der Waals surface area contributed by atoms with Gasteiger partial charge in [0.1, 0.15) is 13.2 Å². The fourth-order valence-electron chi connectivity index (χ4n) is 3.40. The van der Waals surface area contributed by atoms with E-state index in [1.165, 1.54) is 0 Å². The summed E-state index contributed by atoms with van der Waals surface area (Å²) in [5.41, 5.74) is 2.00. The minimum absolute atomic E-state index is 0.0646. The quantitative estimate of drug-likeness (QED) is 0.707. The SMILES string of the molecule is CC(C)N(Cc1cc(=O)[nH]c2ccccc12)C(=O)Nc1ccc2c(c1)OCCO2. The van der Waals surface area contributed by atoms with Crippen molar-refractivity contribution >= 4 is 22.6 Å². The molecular formula is C22H23N3O4. The average Bonchev–Trinajstić information content (AvgIpc) is 2.71. The highest BCUT2D eigenvalue weighted by atomic mass is 16.6. The van der Waals surface area contributed by atoms with E-state index in [9.17, 15) is 9.59 Å². The summed E-state index contributed by atoms with van der Waals surface area (Å²) in [5, 5.41) is 3.84. The summed E-state index contributed by atoms with van der Waals surface area (Å²) >= 11 is 0. The Labute approximate surface area is 168 Å². The van der Waals surface area contributed by atoms with Crippen molar-refractivity contribution in [1.82, 2.24) is 9.88 Å². The number of fused-ring (bicyclic) bond motifs is 2. The second kappa shape index (κ2) is 7.87. The largest absolute Gasteiger partial charge is 0.486 e. The van der Waals surface area contributed by atoms with Crippen LogP contribution in [0.25, 0.3) is 10.9 Å². The van der Waals surface area contributed by atoms with Crippen molar-refractivity contribution in [3.05, 3.63) is 64.4 Å². The molecule has 0 saturated heterocycles. The Balaban J connectivity index is 1.58. The third kappa shape index (κ3) is 4.03. The number of amides is 2. The van der Waals surface area contributed by atoms with Gasteiger partial charge in [-0.1, -0.05) is 18.2 Å². The van der Waals surface area contributed by atoms with Gasteiger partial charge in [-0.2, -0.15) is 0 Å². The summed E-state index contributed by atoms with van der Waals surface area (Å²) in [5.74, 6) is 1.29. The van der Waals surface area contributed by atoms with Gasteiger partial charge in [0.15, 0.2) is 11.5 Å². The zero-order valence-electron chi connectivity index (χ0n) is 16.4. The van der Waals surface area contributed by atoms with Gasteiger partial charge in [-0.05, 0) is 37.6 Å². The van der Waals surface area contributed by atoms with Crippen LogP contribution in [0.15, 0.2) is 53.3 Å². The molecule has 4 rings (SSSR count). The van der Waals surface area contributed by atoms with Crippen LogP contribution in [0.1, 0.15) is 19.4 Å². The number of hydrogen-bond donors (Lipinski definition) is 2. The number of carbonyl (C=O) groups is 1. The molecule has 3 aromatic rings. The number of ether oxygens (including phenoxy) is 2. The summed E-state index contributed by atoms with van der Waals surface area (Å²) in [6, 6.07) is 14.2. The lowest BCUT2D eigenvalue weighted by Gasteiger charge is -2.28. The van der Waals surface area contributed by atoms with Crippen LogP contribution in [0.4, 0.5) is 10.5 Å². The van der Waals surface area contributed by atoms with Crippen LogP contribution in [-0.4, -0.2) is 35.2 Å². The molecule has 2 heterocycles. The molecule has 0 spiro atoms. The topological polar surface area (TPSA) is 83.7 Å². The molecule has 2 amide bonds. The number of rotatable bonds is 4. The van der Waals surface area contributed by atoms with Gasteiger partial charge in [-0.15, -0.1) is 0 Å². The first kappa shape index (κ1) is 18.9. The molecule has 0 aliphatic carbocycles. The molecule has 0 bridgehead atoms. The second-order valence-electron chi connectivity index (χ2n) is 7.21. The maximum Gasteiger partial charge on any atom is 0.322 e. The number of nitrogens with zero attached hydrogens (tertiary/aromatic N) is 1. The van der Waals surface area contributed by atoms with Crippen molar-refractivity contribution in [2.75, 3.05) is 18.5 Å². The molecule has 0 radical (unpaired) electrons. The number of nitrogens with one attached hydrogen (secondary N) is 2. The van der Waals surface area contributed by atoms with E-state index < -0.39 is 0 Å². The minimum atomic E-state index is -0.249. The van der Waals surface area contributed by atoms with Crippen molar-refractivity contribution in [3.63, 3.8) is 0 Å². The molecule has 0 atom stereocenters. The molecular weight excluding hydrogens is 370 g/mol. The predicted octanol–water partition coefficient (Wildman–Crippen LogP) is 3.74. The van der Waals surface area contributed by atoms with Crippen LogP contribution in [0.2, 0.25) is 0 Å². The number of anilines is 1. The van der Waals surface area contributed by atoms with E-state index in [0.717, 1.165) is 16.5 Å². The molecule has 2 aromatic carbocycles. The van der Waals surface area contributed by atoms with Gasteiger partial charge in [-0.25, -0.2) is 4.79 Å². The van der Waals surface area contributed by atoms with Gasteiger partial charge in [0.2, 0.25) is 5.56 Å². The zero-order valence-corrected chi connectivity index (χ0v) is 16.4. The monoisotopic (exact) mass is 393 g/mol. The van der Waals surface area contributed by atoms with E-state index in [0.29, 0.717) is 36.9 Å². The zero-order chi connectivity index (χ0) is 20.4. The molecule has 1 aliphatic rings. The maximum absolute atomic E-state index is 13.0. The Bertz CT molecular complexity index is 1110. The van der Waals surface area contributed by atoms with E-state index >= 15 is 0 Å². The lowest BCUT2D eigenvalue weighted by molar-refractivity contribution is 0.171. The van der Waals surface area contributed by atoms with E-state index in [1.807, 2.05) is 38.1 Å². The number of aromatic nitrogens is 1. The van der Waals surface area contributed by atoms with Crippen molar-refractivity contribution in [2.24, 2.45) is 0 Å². The minimum Gasteiger partial charge on any atom is -0.486 e. The van der Waals surface area contributed by atoms with E-state index in [2.05, 4.69) is 10.3 Å². The van der Waals surface area contributed by atoms with Crippen LogP contribution in [-0.2, 0) is 6.54 Å². The number of pyridine rings is 1. The number of H-pyrrole nitrogens is 1. The van der Waals surface area contributed by atoms with Crippen LogP contribution >= 0.6 is 0 Å². The van der Waals surface area contributed by atoms with E-state index in [1.54, 1.807) is 29.2 Å². The Morgan fingerprint density at radius 1 is 1.10 bits per heavy atom. The summed E-state index contributed by atoms with van der Waals surface area (Å²) in [6.07, 6.45) is 0. The molecule has 7 heteroatoms. The Morgan fingerprint density at radius 2 is 1.86 bits per heavy atom. The highest BCUT2D eigenvalue weighted by molar-refractivity contribution is 5.90. The summed E-state index contributed by atoms with van der Waals surface area (Å²) in [7, 11) is 0. The fraction of sp³-hybridized carbons (Fsp3) is 0.273. The molecule has 150 valence electrons. The summed E-state index contributed by atoms with van der Waals surface area (Å²) in [6.45, 7) is 5.21. The molecule has 0 unspecified atom stereocenters. The number of urea groups is 1. The molecule has 1 aromatic heterocycles. The number of carbonyl (C=O) groups excluding carboxylic acids is 1. The standard InChI is InChI=1S/C22H23N3O4/c1-14(2)25(13-15-11-21(26)24-18-6-4-3-5-17(15)18)22(27)23-16-7-8-19-20(12-16)29-10-9-28-19/h3-8,11-12,14H,9-10,13H2,1-2H3,(H,23,27)(H,24,26). The Morgan fingerprint density at radius 3 is 2.66 bits per heavy atom. The normalized spacial score (nSPS) is 12.8.